The first-order valence-corrected chi connectivity index (χ1v) is 13.6. The molecule has 3 aromatic carbocycles. The van der Waals surface area contributed by atoms with Gasteiger partial charge in [0, 0.05) is 73.7 Å². The van der Waals surface area contributed by atoms with E-state index in [-0.39, 0.29) is 5.97 Å². The van der Waals surface area contributed by atoms with Crippen molar-refractivity contribution in [2.24, 2.45) is 0 Å². The van der Waals surface area contributed by atoms with E-state index in [1.165, 1.54) is 0 Å². The lowest BCUT2D eigenvalue weighted by Gasteiger charge is -2.36. The molecule has 200 valence electrons. The summed E-state index contributed by atoms with van der Waals surface area (Å²) in [5.41, 5.74) is 8.80. The first-order valence-electron chi connectivity index (χ1n) is 13.6. The third-order valence-corrected chi connectivity index (χ3v) is 7.72. The molecule has 0 fully saturated rings. The van der Waals surface area contributed by atoms with Crippen molar-refractivity contribution in [3.63, 3.8) is 0 Å². The number of aryl methyl sites for hydroxylation is 2. The predicted octanol–water partition coefficient (Wildman–Crippen LogP) is 6.42. The van der Waals surface area contributed by atoms with Gasteiger partial charge >= 0.3 is 5.97 Å². The zero-order valence-corrected chi connectivity index (χ0v) is 23.7. The van der Waals surface area contributed by atoms with E-state index >= 15 is 0 Å². The predicted molar refractivity (Wildman–Crippen MR) is 161 cm³/mol. The first-order chi connectivity index (χ1) is 18.8. The number of cyclic esters (lactones) is 1. The summed E-state index contributed by atoms with van der Waals surface area (Å²) in [6.45, 7) is 4.33. The van der Waals surface area contributed by atoms with Crippen LogP contribution in [0.25, 0.3) is 5.70 Å². The maximum Gasteiger partial charge on any atom is 0.340 e. The first kappa shape index (κ1) is 26.4. The molecule has 0 bridgehead atoms. The van der Waals surface area contributed by atoms with Gasteiger partial charge in [0.05, 0.1) is 5.56 Å². The molecule has 0 radical (unpaired) electrons. The standard InChI is InChI=1S/C34H37N3O2/c1-7-23-21-25(36(3)4)16-18-29(23)34(30-19-17-26(37(5)6)22-24(30)8-2)32-27(31-15-10-9-11-20-35-31)13-12-14-28(32)33(38)39-34/h9-22,35H,7-8H2,1-6H3. The van der Waals surface area contributed by atoms with Crippen LogP contribution in [0, 0.1) is 0 Å². The zero-order chi connectivity index (χ0) is 27.7. The van der Waals surface area contributed by atoms with Gasteiger partial charge in [0.1, 0.15) is 0 Å². The highest BCUT2D eigenvalue weighted by Gasteiger charge is 2.52. The summed E-state index contributed by atoms with van der Waals surface area (Å²) in [4.78, 5) is 18.0. The monoisotopic (exact) mass is 519 g/mol. The number of carbonyl (C=O) groups excluding carboxylic acids is 1. The van der Waals surface area contributed by atoms with Crippen molar-refractivity contribution in [1.82, 2.24) is 5.32 Å². The van der Waals surface area contributed by atoms with Crippen LogP contribution in [0.4, 0.5) is 11.4 Å². The van der Waals surface area contributed by atoms with E-state index in [1.54, 1.807) is 0 Å². The van der Waals surface area contributed by atoms with Gasteiger partial charge in [-0.05, 0) is 66.5 Å². The minimum Gasteiger partial charge on any atom is -0.441 e. The van der Waals surface area contributed by atoms with Gasteiger partial charge in [-0.15, -0.1) is 0 Å². The molecule has 5 heteroatoms. The summed E-state index contributed by atoms with van der Waals surface area (Å²) in [5.74, 6) is -0.301. The molecule has 2 aliphatic rings. The molecule has 0 saturated carbocycles. The largest absolute Gasteiger partial charge is 0.441 e. The number of anilines is 2. The van der Waals surface area contributed by atoms with E-state index in [1.807, 2.05) is 64.8 Å². The Balaban J connectivity index is 1.91. The van der Waals surface area contributed by atoms with E-state index in [9.17, 15) is 4.79 Å². The Morgan fingerprint density at radius 1 is 0.769 bits per heavy atom. The van der Waals surface area contributed by atoms with Crippen LogP contribution in [-0.2, 0) is 23.2 Å². The summed E-state index contributed by atoms with van der Waals surface area (Å²) < 4.78 is 6.68. The molecule has 2 aliphatic heterocycles. The molecule has 2 heterocycles. The molecule has 0 aliphatic carbocycles. The number of rotatable bonds is 7. The minimum atomic E-state index is -1.10. The molecule has 0 atom stereocenters. The van der Waals surface area contributed by atoms with E-state index in [0.717, 1.165) is 63.3 Å². The number of allylic oxidation sites excluding steroid dienone is 4. The van der Waals surface area contributed by atoms with Crippen molar-refractivity contribution in [1.29, 1.82) is 0 Å². The summed E-state index contributed by atoms with van der Waals surface area (Å²) >= 11 is 0. The molecule has 0 unspecified atom stereocenters. The highest BCUT2D eigenvalue weighted by Crippen LogP contribution is 2.52. The second-order valence-electron chi connectivity index (χ2n) is 10.4. The normalized spacial score (nSPS) is 15.2. The van der Waals surface area contributed by atoms with Crippen molar-refractivity contribution in [2.75, 3.05) is 38.0 Å². The molecular weight excluding hydrogens is 482 g/mol. The molecule has 0 spiro atoms. The summed E-state index contributed by atoms with van der Waals surface area (Å²) in [6.07, 6.45) is 11.5. The van der Waals surface area contributed by atoms with E-state index in [2.05, 4.69) is 77.5 Å². The van der Waals surface area contributed by atoms with Crippen molar-refractivity contribution < 1.29 is 9.53 Å². The lowest BCUT2D eigenvalue weighted by molar-refractivity contribution is 0.0246. The summed E-state index contributed by atoms with van der Waals surface area (Å²) in [5, 5.41) is 3.43. The SMILES string of the molecule is CCc1cc(N(C)C)ccc1C1(c2ccc(N(C)C)cc2CC)OC(=O)c2cccc(C3=CC=CC=CN3)c21. The smallest absolute Gasteiger partial charge is 0.340 e. The molecule has 39 heavy (non-hydrogen) atoms. The van der Waals surface area contributed by atoms with Gasteiger partial charge < -0.3 is 19.9 Å². The van der Waals surface area contributed by atoms with Gasteiger partial charge in [-0.3, -0.25) is 0 Å². The molecule has 5 nitrogen and oxygen atoms in total. The average Bonchev–Trinajstić information content (AvgIpc) is 3.09. The molecule has 0 saturated heterocycles. The van der Waals surface area contributed by atoms with Crippen LogP contribution in [0.5, 0.6) is 0 Å². The van der Waals surface area contributed by atoms with E-state index in [4.69, 9.17) is 4.74 Å². The fourth-order valence-electron chi connectivity index (χ4n) is 5.71. The Morgan fingerprint density at radius 2 is 1.36 bits per heavy atom. The van der Waals surface area contributed by atoms with Gasteiger partial charge in [-0.1, -0.05) is 50.3 Å². The number of nitrogens with zero attached hydrogens (tertiary/aromatic N) is 2. The highest BCUT2D eigenvalue weighted by molar-refractivity contribution is 5.99. The fourth-order valence-corrected chi connectivity index (χ4v) is 5.71. The van der Waals surface area contributed by atoms with Crippen molar-refractivity contribution in [3.05, 3.63) is 124 Å². The third kappa shape index (κ3) is 4.42. The van der Waals surface area contributed by atoms with Gasteiger partial charge in [0.15, 0.2) is 5.60 Å². The molecule has 0 amide bonds. The van der Waals surface area contributed by atoms with Crippen LogP contribution >= 0.6 is 0 Å². The number of esters is 1. The lowest BCUT2D eigenvalue weighted by atomic mass is 9.73. The maximum absolute atomic E-state index is 13.8. The quantitative estimate of drug-likeness (QED) is 0.365. The van der Waals surface area contributed by atoms with Gasteiger partial charge in [-0.25, -0.2) is 4.79 Å². The Labute approximate surface area is 232 Å². The van der Waals surface area contributed by atoms with Gasteiger partial charge in [0.2, 0.25) is 0 Å². The molecule has 3 aromatic rings. The number of ether oxygens (including phenoxy) is 1. The molecule has 1 N–H and O–H groups in total. The molecular formula is C34H37N3O2. The van der Waals surface area contributed by atoms with Crippen LogP contribution in [0.2, 0.25) is 0 Å². The van der Waals surface area contributed by atoms with Crippen LogP contribution in [0.1, 0.15) is 57.6 Å². The lowest BCUT2D eigenvalue weighted by Crippen LogP contribution is -2.33. The third-order valence-electron chi connectivity index (χ3n) is 7.72. The Hall–Kier alpha value is -4.25. The number of hydrogen-bond acceptors (Lipinski definition) is 5. The van der Waals surface area contributed by atoms with Crippen molar-refractivity contribution in [3.8, 4) is 0 Å². The van der Waals surface area contributed by atoms with Crippen molar-refractivity contribution >= 4 is 23.0 Å². The van der Waals surface area contributed by atoms with Crippen LogP contribution in [-0.4, -0.2) is 34.2 Å². The van der Waals surface area contributed by atoms with E-state index in [0.29, 0.717) is 5.56 Å². The van der Waals surface area contributed by atoms with E-state index < -0.39 is 5.60 Å². The highest BCUT2D eigenvalue weighted by atomic mass is 16.6. The molecule has 5 rings (SSSR count). The summed E-state index contributed by atoms with van der Waals surface area (Å²) in [6, 6.07) is 18.9. The van der Waals surface area contributed by atoms with Crippen LogP contribution < -0.4 is 15.1 Å². The maximum atomic E-state index is 13.8. The number of fused-ring (bicyclic) bond motifs is 1. The minimum absolute atomic E-state index is 0.301. The number of benzene rings is 3. The number of nitrogens with one attached hydrogen (secondary N) is 1. The van der Waals surface area contributed by atoms with Crippen LogP contribution in [0.3, 0.4) is 0 Å². The number of carbonyl (C=O) groups is 1. The van der Waals surface area contributed by atoms with Crippen molar-refractivity contribution in [2.45, 2.75) is 32.3 Å². The number of hydrogen-bond donors (Lipinski definition) is 1. The Bertz CT molecular complexity index is 1450. The van der Waals surface area contributed by atoms with Crippen LogP contribution in [0.15, 0.2) is 85.1 Å². The second-order valence-corrected chi connectivity index (χ2v) is 10.4. The Kier molecular flexibility index (Phi) is 7.09. The van der Waals surface area contributed by atoms with Gasteiger partial charge in [-0.2, -0.15) is 0 Å². The topological polar surface area (TPSA) is 44.8 Å². The second kappa shape index (κ2) is 10.5. The fraction of sp³-hybridized carbons (Fsp3) is 0.265. The zero-order valence-electron chi connectivity index (χ0n) is 23.7. The molecule has 0 aromatic heterocycles. The Morgan fingerprint density at radius 3 is 1.92 bits per heavy atom. The summed E-state index contributed by atoms with van der Waals surface area (Å²) in [7, 11) is 8.20. The average molecular weight is 520 g/mol. The van der Waals surface area contributed by atoms with Gasteiger partial charge in [0.25, 0.3) is 0 Å².